The number of hydrogen-bond donors (Lipinski definition) is 3. The summed E-state index contributed by atoms with van der Waals surface area (Å²) in [5.41, 5.74) is 0.318. The standard InChI is InChI=1S/C21H29F3N4O3S.C3H8/c22-21(23,24)15-9-14-12-28(6-3-18(14)19(11-15)27-32(25)30)20(29)13-1-2-17(10-13)26-16-4-7-31-8-5-16;1-3-2/h9,11,13,16-17,26-27H,1-8,10,12,25H2;3H2,1-2H3. The van der Waals surface area contributed by atoms with Gasteiger partial charge in [-0.2, -0.15) is 13.2 Å². The number of fused-ring (bicyclic) bond motifs is 1. The predicted molar refractivity (Wildman–Crippen MR) is 131 cm³/mol. The van der Waals surface area contributed by atoms with Crippen LogP contribution in [0.2, 0.25) is 0 Å². The van der Waals surface area contributed by atoms with E-state index in [2.05, 4.69) is 23.9 Å². The SMILES string of the molecule is CCC.NS(=O)Nc1cc(C(F)(F)F)cc2c1CCN(C(=O)C1CCC(NC3CCOCC3)C1)C2. The molecule has 11 heteroatoms. The Balaban J connectivity index is 0.00000108. The van der Waals surface area contributed by atoms with Crippen molar-refractivity contribution in [2.75, 3.05) is 24.5 Å². The number of nitrogens with zero attached hydrogens (tertiary/aromatic N) is 1. The highest BCUT2D eigenvalue weighted by Gasteiger charge is 2.37. The van der Waals surface area contributed by atoms with Gasteiger partial charge in [0.1, 0.15) is 0 Å². The molecule has 2 heterocycles. The van der Waals surface area contributed by atoms with Gasteiger partial charge < -0.3 is 15.0 Å². The third-order valence-electron chi connectivity index (χ3n) is 6.66. The first-order valence-electron chi connectivity index (χ1n) is 12.4. The number of benzene rings is 1. The average molecular weight is 519 g/mol. The van der Waals surface area contributed by atoms with E-state index in [-0.39, 0.29) is 30.1 Å². The Bertz CT molecular complexity index is 894. The maximum absolute atomic E-state index is 13.4. The summed E-state index contributed by atoms with van der Waals surface area (Å²) in [6.07, 6.45) is 1.49. The van der Waals surface area contributed by atoms with Crippen LogP contribution in [0.4, 0.5) is 18.9 Å². The van der Waals surface area contributed by atoms with Crippen LogP contribution in [0.5, 0.6) is 0 Å². The van der Waals surface area contributed by atoms with Crippen LogP contribution in [0.1, 0.15) is 69.1 Å². The number of alkyl halides is 3. The summed E-state index contributed by atoms with van der Waals surface area (Å²) in [4.78, 5) is 14.8. The number of rotatable bonds is 5. The minimum atomic E-state index is -4.55. The third kappa shape index (κ3) is 7.65. The van der Waals surface area contributed by atoms with E-state index >= 15 is 0 Å². The van der Waals surface area contributed by atoms with E-state index in [4.69, 9.17) is 9.88 Å². The van der Waals surface area contributed by atoms with Gasteiger partial charge in [-0.1, -0.05) is 20.3 Å². The quantitative estimate of drug-likeness (QED) is 0.551. The van der Waals surface area contributed by atoms with Gasteiger partial charge in [0.15, 0.2) is 11.2 Å². The zero-order chi connectivity index (χ0) is 25.6. The second-order valence-corrected chi connectivity index (χ2v) is 10.3. The summed E-state index contributed by atoms with van der Waals surface area (Å²) in [6, 6.07) is 2.73. The number of ether oxygens (including phenoxy) is 1. The highest BCUT2D eigenvalue weighted by Crippen LogP contribution is 2.37. The molecule has 1 aromatic carbocycles. The van der Waals surface area contributed by atoms with E-state index in [0.717, 1.165) is 57.5 Å². The Morgan fingerprint density at radius 1 is 1.17 bits per heavy atom. The lowest BCUT2D eigenvalue weighted by atomic mass is 9.94. The van der Waals surface area contributed by atoms with Crippen molar-refractivity contribution in [2.24, 2.45) is 11.1 Å². The molecule has 198 valence electrons. The Morgan fingerprint density at radius 2 is 1.86 bits per heavy atom. The number of halogens is 3. The van der Waals surface area contributed by atoms with Gasteiger partial charge in [0.2, 0.25) is 5.91 Å². The normalized spacial score (nSPS) is 23.8. The topological polar surface area (TPSA) is 96.7 Å². The molecule has 0 spiro atoms. The summed E-state index contributed by atoms with van der Waals surface area (Å²) < 4.78 is 59.4. The first-order valence-corrected chi connectivity index (χ1v) is 13.6. The molecule has 1 amide bonds. The fourth-order valence-electron chi connectivity index (χ4n) is 5.06. The maximum Gasteiger partial charge on any atom is 0.416 e. The molecule has 4 N–H and O–H groups in total. The molecule has 1 aliphatic carbocycles. The first-order chi connectivity index (χ1) is 16.6. The number of nitrogens with two attached hydrogens (primary N) is 1. The fraction of sp³-hybridized carbons (Fsp3) is 0.708. The fourth-order valence-corrected chi connectivity index (χ4v) is 5.46. The van der Waals surface area contributed by atoms with Gasteiger partial charge in [0, 0.05) is 44.3 Å². The van der Waals surface area contributed by atoms with Crippen molar-refractivity contribution < 1.29 is 26.9 Å². The lowest BCUT2D eigenvalue weighted by Gasteiger charge is -2.33. The van der Waals surface area contributed by atoms with Gasteiger partial charge in [-0.05, 0) is 61.8 Å². The van der Waals surface area contributed by atoms with Gasteiger partial charge in [-0.25, -0.2) is 9.35 Å². The largest absolute Gasteiger partial charge is 0.416 e. The average Bonchev–Trinajstić information content (AvgIpc) is 3.26. The first kappa shape index (κ1) is 27.9. The molecule has 35 heavy (non-hydrogen) atoms. The van der Waals surface area contributed by atoms with Crippen LogP contribution in [0.25, 0.3) is 0 Å². The summed E-state index contributed by atoms with van der Waals surface area (Å²) in [6.45, 7) is 6.29. The monoisotopic (exact) mass is 518 g/mol. The van der Waals surface area contributed by atoms with Crippen molar-refractivity contribution in [1.82, 2.24) is 10.2 Å². The van der Waals surface area contributed by atoms with Crippen LogP contribution in [-0.2, 0) is 39.8 Å². The number of amides is 1. The molecule has 7 nitrogen and oxygen atoms in total. The maximum atomic E-state index is 13.4. The number of carbonyl (C=O) groups is 1. The molecule has 3 atom stereocenters. The number of carbonyl (C=O) groups excluding carboxylic acids is 1. The Kier molecular flexibility index (Phi) is 9.97. The van der Waals surface area contributed by atoms with E-state index in [9.17, 15) is 22.2 Å². The summed E-state index contributed by atoms with van der Waals surface area (Å²) in [5, 5.41) is 8.90. The second kappa shape index (κ2) is 12.5. The molecule has 2 aliphatic heterocycles. The summed E-state index contributed by atoms with van der Waals surface area (Å²) in [5.74, 6) is -0.116. The van der Waals surface area contributed by atoms with Gasteiger partial charge in [0.05, 0.1) is 11.3 Å². The molecular weight excluding hydrogens is 481 g/mol. The number of anilines is 1. The van der Waals surface area contributed by atoms with Crippen molar-refractivity contribution in [3.05, 3.63) is 28.8 Å². The van der Waals surface area contributed by atoms with Crippen molar-refractivity contribution >= 4 is 22.8 Å². The van der Waals surface area contributed by atoms with Gasteiger partial charge in [0.25, 0.3) is 0 Å². The van der Waals surface area contributed by atoms with E-state index in [1.807, 2.05) is 0 Å². The molecule has 1 aromatic rings. The van der Waals surface area contributed by atoms with Crippen molar-refractivity contribution in [2.45, 2.75) is 83.6 Å². The van der Waals surface area contributed by atoms with Gasteiger partial charge in [-0.15, -0.1) is 0 Å². The van der Waals surface area contributed by atoms with E-state index in [1.165, 1.54) is 6.42 Å². The van der Waals surface area contributed by atoms with E-state index in [0.29, 0.717) is 30.1 Å². The highest BCUT2D eigenvalue weighted by molar-refractivity contribution is 7.84. The van der Waals surface area contributed by atoms with Crippen LogP contribution < -0.4 is 15.2 Å². The molecule has 3 unspecified atom stereocenters. The number of hydrogen-bond acceptors (Lipinski definition) is 4. The molecule has 4 rings (SSSR count). The summed E-state index contributed by atoms with van der Waals surface area (Å²) >= 11 is -1.99. The van der Waals surface area contributed by atoms with Gasteiger partial charge >= 0.3 is 6.18 Å². The van der Waals surface area contributed by atoms with Crippen molar-refractivity contribution in [3.63, 3.8) is 0 Å². The lowest BCUT2D eigenvalue weighted by molar-refractivity contribution is -0.137. The zero-order valence-electron chi connectivity index (χ0n) is 20.5. The molecule has 2 fully saturated rings. The number of nitrogens with one attached hydrogen (secondary N) is 2. The molecule has 1 saturated heterocycles. The molecule has 3 aliphatic rings. The molecule has 1 saturated carbocycles. The molecular formula is C24H37F3N4O3S. The van der Waals surface area contributed by atoms with E-state index in [1.54, 1.807) is 4.90 Å². The minimum absolute atomic E-state index is 0.00116. The summed E-state index contributed by atoms with van der Waals surface area (Å²) in [7, 11) is 0. The minimum Gasteiger partial charge on any atom is -0.381 e. The van der Waals surface area contributed by atoms with Crippen LogP contribution in [-0.4, -0.2) is 46.9 Å². The lowest BCUT2D eigenvalue weighted by Crippen LogP contribution is -2.42. The third-order valence-corrected chi connectivity index (χ3v) is 7.08. The van der Waals surface area contributed by atoms with E-state index < -0.39 is 22.9 Å². The molecule has 0 aromatic heterocycles. The predicted octanol–water partition coefficient (Wildman–Crippen LogP) is 3.89. The zero-order valence-corrected chi connectivity index (χ0v) is 21.3. The molecule has 0 bridgehead atoms. The van der Waals surface area contributed by atoms with Crippen LogP contribution in [0, 0.1) is 5.92 Å². The second-order valence-electron chi connectivity index (χ2n) is 9.54. The Labute approximate surface area is 208 Å². The van der Waals surface area contributed by atoms with Crippen LogP contribution in [0.3, 0.4) is 0 Å². The Morgan fingerprint density at radius 3 is 2.49 bits per heavy atom. The van der Waals surface area contributed by atoms with Crippen molar-refractivity contribution in [1.29, 1.82) is 0 Å². The smallest absolute Gasteiger partial charge is 0.381 e. The van der Waals surface area contributed by atoms with Crippen LogP contribution >= 0.6 is 0 Å². The van der Waals surface area contributed by atoms with Gasteiger partial charge in [-0.3, -0.25) is 9.52 Å². The Hall–Kier alpha value is -1.69. The van der Waals surface area contributed by atoms with Crippen molar-refractivity contribution in [3.8, 4) is 0 Å². The van der Waals surface area contributed by atoms with Crippen LogP contribution in [0.15, 0.2) is 12.1 Å². The highest BCUT2D eigenvalue weighted by atomic mass is 32.2. The molecule has 0 radical (unpaired) electrons.